The van der Waals surface area contributed by atoms with Gasteiger partial charge in [0, 0.05) is 35.3 Å². The number of thioether (sulfide) groups is 1. The maximum atomic E-state index is 13.1. The third-order valence-corrected chi connectivity index (χ3v) is 6.88. The molecule has 4 rings (SSSR count). The van der Waals surface area contributed by atoms with E-state index in [2.05, 4.69) is 27.1 Å². The number of hydrogen-bond donors (Lipinski definition) is 1. The van der Waals surface area contributed by atoms with Gasteiger partial charge >= 0.3 is 0 Å². The van der Waals surface area contributed by atoms with Crippen LogP contribution >= 0.6 is 34.7 Å². The van der Waals surface area contributed by atoms with E-state index in [-0.39, 0.29) is 23.6 Å². The molecule has 1 unspecified atom stereocenters. The first-order valence-corrected chi connectivity index (χ1v) is 12.2. The minimum atomic E-state index is -0.191. The highest BCUT2D eigenvalue weighted by molar-refractivity contribution is 7.99. The Kier molecular flexibility index (Phi) is 7.23. The Balaban J connectivity index is 1.50. The largest absolute Gasteiger partial charge is 0.328 e. The first kappa shape index (κ1) is 22.5. The number of hydrogen-bond acceptors (Lipinski definition) is 7. The Morgan fingerprint density at radius 3 is 2.84 bits per heavy atom. The molecular formula is C21H21ClN6O2S2. The second-order valence-electron chi connectivity index (χ2n) is 7.08. The fourth-order valence-electron chi connectivity index (χ4n) is 3.56. The molecule has 1 aromatic carbocycles. The van der Waals surface area contributed by atoms with Crippen LogP contribution in [0, 0.1) is 0 Å². The van der Waals surface area contributed by atoms with E-state index < -0.39 is 0 Å². The van der Waals surface area contributed by atoms with Crippen LogP contribution in [0.1, 0.15) is 35.1 Å². The molecule has 1 aliphatic rings. The highest BCUT2D eigenvalue weighted by Crippen LogP contribution is 2.34. The number of benzene rings is 1. The standard InChI is InChI=1S/C21H21ClN6O2S2/c1-2-10-28-18(25-26-21(28)32-13-17(29)24-20-23-9-12-31-20)16-4-3-11-27(16)19(30)14-5-7-15(22)8-6-14/h2,5-9,12,16H,1,3-4,10-11,13H2,(H,23,24,29). The molecule has 0 aliphatic carbocycles. The molecule has 1 atom stereocenters. The van der Waals surface area contributed by atoms with Crippen LogP contribution in [0.15, 0.2) is 53.7 Å². The number of likely N-dealkylation sites (tertiary alicyclic amines) is 1. The van der Waals surface area contributed by atoms with Gasteiger partial charge in [-0.3, -0.25) is 9.59 Å². The summed E-state index contributed by atoms with van der Waals surface area (Å²) >= 11 is 8.62. The molecule has 0 bridgehead atoms. The van der Waals surface area contributed by atoms with E-state index >= 15 is 0 Å². The summed E-state index contributed by atoms with van der Waals surface area (Å²) in [5.74, 6) is 0.648. The molecule has 0 saturated carbocycles. The highest BCUT2D eigenvalue weighted by Gasteiger charge is 2.34. The van der Waals surface area contributed by atoms with Crippen LogP contribution in [0.4, 0.5) is 5.13 Å². The van der Waals surface area contributed by atoms with Gasteiger partial charge in [-0.05, 0) is 37.1 Å². The topological polar surface area (TPSA) is 93.0 Å². The van der Waals surface area contributed by atoms with E-state index in [1.54, 1.807) is 41.9 Å². The molecule has 0 radical (unpaired) electrons. The molecule has 32 heavy (non-hydrogen) atoms. The number of anilines is 1. The normalized spacial score (nSPS) is 15.7. The first-order chi connectivity index (χ1) is 15.6. The highest BCUT2D eigenvalue weighted by atomic mass is 35.5. The molecule has 1 saturated heterocycles. The van der Waals surface area contributed by atoms with Gasteiger partial charge in [-0.25, -0.2) is 4.98 Å². The molecule has 166 valence electrons. The van der Waals surface area contributed by atoms with Gasteiger partial charge in [0.15, 0.2) is 16.1 Å². The molecule has 11 heteroatoms. The lowest BCUT2D eigenvalue weighted by Gasteiger charge is -2.24. The number of allylic oxidation sites excluding steroid dienone is 1. The van der Waals surface area contributed by atoms with Crippen LogP contribution in [0.25, 0.3) is 0 Å². The average molecular weight is 489 g/mol. The predicted molar refractivity (Wildman–Crippen MR) is 126 cm³/mol. The van der Waals surface area contributed by atoms with Gasteiger partial charge in [0.2, 0.25) is 5.91 Å². The third kappa shape index (κ3) is 5.03. The molecular weight excluding hydrogens is 468 g/mol. The molecule has 1 fully saturated rings. The predicted octanol–water partition coefficient (Wildman–Crippen LogP) is 4.28. The molecule has 8 nitrogen and oxygen atoms in total. The molecule has 3 heterocycles. The monoisotopic (exact) mass is 488 g/mol. The van der Waals surface area contributed by atoms with Crippen LogP contribution in [-0.2, 0) is 11.3 Å². The van der Waals surface area contributed by atoms with Crippen molar-refractivity contribution in [3.05, 3.63) is 64.9 Å². The van der Waals surface area contributed by atoms with Crippen molar-refractivity contribution in [1.29, 1.82) is 0 Å². The van der Waals surface area contributed by atoms with Gasteiger partial charge in [-0.1, -0.05) is 29.4 Å². The molecule has 0 spiro atoms. The molecule has 1 N–H and O–H groups in total. The second-order valence-corrected chi connectivity index (χ2v) is 9.35. The Morgan fingerprint density at radius 2 is 2.12 bits per heavy atom. The van der Waals surface area contributed by atoms with Crippen molar-refractivity contribution in [2.45, 2.75) is 30.6 Å². The SMILES string of the molecule is C=CCn1c(SCC(=O)Nc2nccs2)nnc1C1CCCN1C(=O)c1ccc(Cl)cc1. The van der Waals surface area contributed by atoms with Crippen LogP contribution in [0.3, 0.4) is 0 Å². The lowest BCUT2D eigenvalue weighted by Crippen LogP contribution is -2.32. The summed E-state index contributed by atoms with van der Waals surface area (Å²) in [7, 11) is 0. The van der Waals surface area contributed by atoms with Gasteiger partial charge in [-0.2, -0.15) is 0 Å². The van der Waals surface area contributed by atoms with Crippen LogP contribution in [0.2, 0.25) is 5.02 Å². The number of halogens is 1. The maximum absolute atomic E-state index is 13.1. The van der Waals surface area contributed by atoms with Gasteiger partial charge in [0.05, 0.1) is 11.8 Å². The minimum absolute atomic E-state index is 0.0608. The van der Waals surface area contributed by atoms with Crippen molar-refractivity contribution in [3.63, 3.8) is 0 Å². The zero-order chi connectivity index (χ0) is 22.5. The van der Waals surface area contributed by atoms with E-state index in [0.717, 1.165) is 12.8 Å². The van der Waals surface area contributed by atoms with Gasteiger partial charge < -0.3 is 14.8 Å². The average Bonchev–Trinajstić information content (AvgIpc) is 3.54. The number of nitrogens with zero attached hydrogens (tertiary/aromatic N) is 5. The van der Waals surface area contributed by atoms with E-state index in [0.29, 0.717) is 39.8 Å². The molecule has 2 aromatic heterocycles. The smallest absolute Gasteiger partial charge is 0.254 e. The molecule has 2 amide bonds. The van der Waals surface area contributed by atoms with Crippen LogP contribution in [-0.4, -0.2) is 48.8 Å². The first-order valence-electron chi connectivity index (χ1n) is 9.99. The fraction of sp³-hybridized carbons (Fsp3) is 0.286. The van der Waals surface area contributed by atoms with Crippen molar-refractivity contribution in [3.8, 4) is 0 Å². The van der Waals surface area contributed by atoms with E-state index in [1.807, 2.05) is 9.47 Å². The lowest BCUT2D eigenvalue weighted by atomic mass is 10.1. The zero-order valence-corrected chi connectivity index (χ0v) is 19.5. The van der Waals surface area contributed by atoms with Gasteiger partial charge in [0.25, 0.3) is 5.91 Å². The number of rotatable bonds is 8. The van der Waals surface area contributed by atoms with Crippen molar-refractivity contribution in [2.24, 2.45) is 0 Å². The summed E-state index contributed by atoms with van der Waals surface area (Å²) in [4.78, 5) is 31.2. The number of amides is 2. The Morgan fingerprint density at radius 1 is 1.31 bits per heavy atom. The second kappa shape index (κ2) is 10.3. The summed E-state index contributed by atoms with van der Waals surface area (Å²) < 4.78 is 1.92. The minimum Gasteiger partial charge on any atom is -0.328 e. The lowest BCUT2D eigenvalue weighted by molar-refractivity contribution is -0.113. The zero-order valence-electron chi connectivity index (χ0n) is 17.1. The fourth-order valence-corrected chi connectivity index (χ4v) is 4.99. The van der Waals surface area contributed by atoms with Crippen LogP contribution in [0.5, 0.6) is 0 Å². The number of nitrogens with one attached hydrogen (secondary N) is 1. The Labute approximate surface area is 198 Å². The Hall–Kier alpha value is -2.69. The van der Waals surface area contributed by atoms with Crippen molar-refractivity contribution >= 4 is 51.6 Å². The van der Waals surface area contributed by atoms with Crippen molar-refractivity contribution in [2.75, 3.05) is 17.6 Å². The molecule has 3 aromatic rings. The number of thiazole rings is 1. The quantitative estimate of drug-likeness (QED) is 0.375. The summed E-state index contributed by atoms with van der Waals surface area (Å²) in [6.07, 6.45) is 5.07. The van der Waals surface area contributed by atoms with Crippen molar-refractivity contribution < 1.29 is 9.59 Å². The Bertz CT molecular complexity index is 1100. The van der Waals surface area contributed by atoms with Crippen molar-refractivity contribution in [1.82, 2.24) is 24.6 Å². The van der Waals surface area contributed by atoms with E-state index in [4.69, 9.17) is 11.6 Å². The van der Waals surface area contributed by atoms with Crippen LogP contribution < -0.4 is 5.32 Å². The number of aromatic nitrogens is 4. The molecule has 1 aliphatic heterocycles. The van der Waals surface area contributed by atoms with E-state index in [1.165, 1.54) is 23.1 Å². The third-order valence-electron chi connectivity index (χ3n) is 4.97. The van der Waals surface area contributed by atoms with E-state index in [9.17, 15) is 9.59 Å². The van der Waals surface area contributed by atoms with Gasteiger partial charge in [-0.15, -0.1) is 28.1 Å². The summed E-state index contributed by atoms with van der Waals surface area (Å²) in [6.45, 7) is 4.96. The maximum Gasteiger partial charge on any atom is 0.254 e. The summed E-state index contributed by atoms with van der Waals surface area (Å²) in [5.41, 5.74) is 0.588. The summed E-state index contributed by atoms with van der Waals surface area (Å²) in [5, 5.41) is 15.0. The number of carbonyl (C=O) groups is 2. The summed E-state index contributed by atoms with van der Waals surface area (Å²) in [6, 6.07) is 6.70. The number of carbonyl (C=O) groups excluding carboxylic acids is 2. The van der Waals surface area contributed by atoms with Gasteiger partial charge in [0.1, 0.15) is 0 Å².